The first kappa shape index (κ1) is 22.5. The zero-order chi connectivity index (χ0) is 22.4. The number of pyridine rings is 1. The molecule has 0 aliphatic heterocycles. The number of rotatable bonds is 8. The second-order valence-corrected chi connectivity index (χ2v) is 8.99. The van der Waals surface area contributed by atoms with Gasteiger partial charge < -0.3 is 9.88 Å². The van der Waals surface area contributed by atoms with Gasteiger partial charge in [0, 0.05) is 29.6 Å². The van der Waals surface area contributed by atoms with Gasteiger partial charge in [0.25, 0.3) is 11.5 Å². The monoisotopic (exact) mass is 439 g/mol. The van der Waals surface area contributed by atoms with Gasteiger partial charge in [-0.1, -0.05) is 25.1 Å². The van der Waals surface area contributed by atoms with Crippen LogP contribution in [0, 0.1) is 0 Å². The fourth-order valence-electron chi connectivity index (χ4n) is 2.89. The molecule has 0 radical (unpaired) electrons. The van der Waals surface area contributed by atoms with Crippen molar-refractivity contribution in [3.63, 3.8) is 0 Å². The molecule has 0 aliphatic carbocycles. The molecule has 162 valence electrons. The number of hydrogen-bond donors (Lipinski definition) is 2. The first-order valence-corrected chi connectivity index (χ1v) is 11.4. The van der Waals surface area contributed by atoms with Crippen LogP contribution in [0.15, 0.2) is 82.6 Å². The van der Waals surface area contributed by atoms with Gasteiger partial charge >= 0.3 is 0 Å². The van der Waals surface area contributed by atoms with Gasteiger partial charge in [0.05, 0.1) is 11.4 Å². The number of aromatic nitrogens is 1. The number of sulfonamides is 1. The lowest BCUT2D eigenvalue weighted by Gasteiger charge is -2.12. The van der Waals surface area contributed by atoms with E-state index in [0.717, 1.165) is 5.56 Å². The van der Waals surface area contributed by atoms with E-state index in [1.54, 1.807) is 42.0 Å². The third kappa shape index (κ3) is 5.90. The summed E-state index contributed by atoms with van der Waals surface area (Å²) in [4.78, 5) is 24.4. The fraction of sp³-hybridized carbons (Fsp3) is 0.217. The van der Waals surface area contributed by atoms with E-state index in [4.69, 9.17) is 0 Å². The quantitative estimate of drug-likeness (QED) is 0.563. The molecule has 7 nitrogen and oxygen atoms in total. The van der Waals surface area contributed by atoms with Crippen LogP contribution >= 0.6 is 0 Å². The Hall–Kier alpha value is -3.23. The predicted octanol–water partition coefficient (Wildman–Crippen LogP) is 3.23. The Morgan fingerprint density at radius 1 is 1.00 bits per heavy atom. The van der Waals surface area contributed by atoms with Crippen LogP contribution in [0.3, 0.4) is 0 Å². The summed E-state index contributed by atoms with van der Waals surface area (Å²) in [6, 6.07) is 17.8. The van der Waals surface area contributed by atoms with Crippen LogP contribution in [-0.2, 0) is 16.6 Å². The molecule has 0 fully saturated rings. The van der Waals surface area contributed by atoms with Gasteiger partial charge in [0.15, 0.2) is 0 Å². The average Bonchev–Trinajstić information content (AvgIpc) is 2.76. The maximum Gasteiger partial charge on any atom is 0.255 e. The number of carbonyl (C=O) groups excluding carboxylic acids is 1. The number of amides is 1. The third-order valence-corrected chi connectivity index (χ3v) is 6.46. The zero-order valence-electron chi connectivity index (χ0n) is 17.4. The smallest absolute Gasteiger partial charge is 0.255 e. The molecule has 0 bridgehead atoms. The van der Waals surface area contributed by atoms with Gasteiger partial charge in [-0.15, -0.1) is 0 Å². The second kappa shape index (κ2) is 9.72. The summed E-state index contributed by atoms with van der Waals surface area (Å²) in [5, 5.41) is 2.79. The van der Waals surface area contributed by atoms with Crippen molar-refractivity contribution >= 4 is 21.6 Å². The molecule has 0 saturated carbocycles. The lowest BCUT2D eigenvalue weighted by Crippen LogP contribution is -2.32. The fourth-order valence-corrected chi connectivity index (χ4v) is 4.21. The van der Waals surface area contributed by atoms with E-state index in [0.29, 0.717) is 24.2 Å². The van der Waals surface area contributed by atoms with Gasteiger partial charge in [-0.25, -0.2) is 13.1 Å². The largest absolute Gasteiger partial charge is 0.322 e. The Morgan fingerprint density at radius 2 is 1.68 bits per heavy atom. The Bertz CT molecular complexity index is 1200. The Morgan fingerprint density at radius 3 is 2.29 bits per heavy atom. The van der Waals surface area contributed by atoms with Crippen LogP contribution in [0.1, 0.15) is 36.2 Å². The first-order valence-electron chi connectivity index (χ1n) is 9.96. The van der Waals surface area contributed by atoms with Gasteiger partial charge in [0.1, 0.15) is 0 Å². The van der Waals surface area contributed by atoms with Crippen LogP contribution in [0.4, 0.5) is 5.69 Å². The highest BCUT2D eigenvalue weighted by atomic mass is 32.2. The SMILES string of the molecule is CCC(C)NS(=O)(=O)c1ccc(C(=O)Nc2ccc(Cn3ccccc3=O)cc2)cc1. The minimum Gasteiger partial charge on any atom is -0.322 e. The molecule has 8 heteroatoms. The number of nitrogens with zero attached hydrogens (tertiary/aromatic N) is 1. The molecule has 2 aromatic carbocycles. The number of nitrogens with one attached hydrogen (secondary N) is 2. The van der Waals surface area contributed by atoms with Crippen molar-refractivity contribution in [2.75, 3.05) is 5.32 Å². The molecule has 1 aromatic heterocycles. The van der Waals surface area contributed by atoms with Crippen molar-refractivity contribution in [1.29, 1.82) is 0 Å². The highest BCUT2D eigenvalue weighted by Gasteiger charge is 2.17. The normalized spacial score (nSPS) is 12.3. The van der Waals surface area contributed by atoms with E-state index >= 15 is 0 Å². The molecule has 0 saturated heterocycles. The van der Waals surface area contributed by atoms with E-state index < -0.39 is 10.0 Å². The average molecular weight is 440 g/mol. The highest BCUT2D eigenvalue weighted by molar-refractivity contribution is 7.89. The van der Waals surface area contributed by atoms with Crippen molar-refractivity contribution in [3.8, 4) is 0 Å². The van der Waals surface area contributed by atoms with E-state index in [1.807, 2.05) is 19.1 Å². The third-order valence-electron chi connectivity index (χ3n) is 4.86. The topological polar surface area (TPSA) is 97.3 Å². The van der Waals surface area contributed by atoms with Crippen LogP contribution in [0.5, 0.6) is 0 Å². The van der Waals surface area contributed by atoms with Crippen LogP contribution in [0.25, 0.3) is 0 Å². The molecule has 1 unspecified atom stereocenters. The van der Waals surface area contributed by atoms with Crippen LogP contribution in [-0.4, -0.2) is 24.9 Å². The molecular weight excluding hydrogens is 414 g/mol. The first-order chi connectivity index (χ1) is 14.8. The summed E-state index contributed by atoms with van der Waals surface area (Å²) in [5.41, 5.74) is 1.80. The summed E-state index contributed by atoms with van der Waals surface area (Å²) in [7, 11) is -3.61. The summed E-state index contributed by atoms with van der Waals surface area (Å²) in [6.07, 6.45) is 2.40. The van der Waals surface area contributed by atoms with Crippen molar-refractivity contribution in [2.45, 2.75) is 37.8 Å². The summed E-state index contributed by atoms with van der Waals surface area (Å²) >= 11 is 0. The molecular formula is C23H25N3O4S. The molecule has 2 N–H and O–H groups in total. The molecule has 1 heterocycles. The van der Waals surface area contributed by atoms with Gasteiger partial charge in [0.2, 0.25) is 10.0 Å². The number of carbonyl (C=O) groups is 1. The highest BCUT2D eigenvalue weighted by Crippen LogP contribution is 2.15. The lowest BCUT2D eigenvalue weighted by atomic mass is 10.1. The summed E-state index contributed by atoms with van der Waals surface area (Å²) < 4.78 is 28.8. The van der Waals surface area contributed by atoms with Gasteiger partial charge in [-0.05, 0) is 61.4 Å². The summed E-state index contributed by atoms with van der Waals surface area (Å²) in [5.74, 6) is -0.342. The number of hydrogen-bond acceptors (Lipinski definition) is 4. The predicted molar refractivity (Wildman–Crippen MR) is 121 cm³/mol. The van der Waals surface area contributed by atoms with E-state index in [9.17, 15) is 18.0 Å². The lowest BCUT2D eigenvalue weighted by molar-refractivity contribution is 0.102. The maximum atomic E-state index is 12.5. The van der Waals surface area contributed by atoms with Crippen molar-refractivity contribution < 1.29 is 13.2 Å². The number of benzene rings is 2. The minimum atomic E-state index is -3.61. The molecule has 3 aromatic rings. The molecule has 31 heavy (non-hydrogen) atoms. The second-order valence-electron chi connectivity index (χ2n) is 7.27. The standard InChI is InChI=1S/C23H25N3O4S/c1-3-17(2)25-31(29,30)21-13-9-19(10-14-21)23(28)24-20-11-7-18(8-12-20)16-26-15-5-4-6-22(26)27/h4-15,17,25H,3,16H2,1-2H3,(H,24,28). The van der Waals surface area contributed by atoms with Crippen LogP contribution in [0.2, 0.25) is 0 Å². The van der Waals surface area contributed by atoms with Gasteiger partial charge in [-0.2, -0.15) is 0 Å². The van der Waals surface area contributed by atoms with Crippen molar-refractivity contribution in [3.05, 3.63) is 94.4 Å². The van der Waals surface area contributed by atoms with Crippen LogP contribution < -0.4 is 15.6 Å². The molecule has 0 aliphatic rings. The Balaban J connectivity index is 1.65. The molecule has 1 amide bonds. The number of anilines is 1. The molecule has 1 atom stereocenters. The minimum absolute atomic E-state index is 0.0790. The van der Waals surface area contributed by atoms with E-state index in [-0.39, 0.29) is 22.4 Å². The van der Waals surface area contributed by atoms with E-state index in [1.165, 1.54) is 30.3 Å². The van der Waals surface area contributed by atoms with Gasteiger partial charge in [-0.3, -0.25) is 9.59 Å². The van der Waals surface area contributed by atoms with Crippen molar-refractivity contribution in [1.82, 2.24) is 9.29 Å². The summed E-state index contributed by atoms with van der Waals surface area (Å²) in [6.45, 7) is 4.13. The Labute approximate surface area is 181 Å². The Kier molecular flexibility index (Phi) is 7.04. The molecule has 3 rings (SSSR count). The van der Waals surface area contributed by atoms with E-state index in [2.05, 4.69) is 10.0 Å². The van der Waals surface area contributed by atoms with Crippen molar-refractivity contribution in [2.24, 2.45) is 0 Å². The molecule has 0 spiro atoms. The zero-order valence-corrected chi connectivity index (χ0v) is 18.2. The maximum absolute atomic E-state index is 12.5.